The molecule has 1 aliphatic heterocycles. The van der Waals surface area contributed by atoms with Crippen LogP contribution in [0.4, 0.5) is 10.5 Å². The zero-order valence-electron chi connectivity index (χ0n) is 12.1. The van der Waals surface area contributed by atoms with Gasteiger partial charge in [0.05, 0.1) is 13.2 Å². The molecule has 20 heavy (non-hydrogen) atoms. The van der Waals surface area contributed by atoms with E-state index in [4.69, 9.17) is 9.47 Å². The molecule has 1 aromatic rings. The van der Waals surface area contributed by atoms with E-state index in [2.05, 4.69) is 24.5 Å². The summed E-state index contributed by atoms with van der Waals surface area (Å²) in [7, 11) is 0. The third kappa shape index (κ3) is 3.79. The molecule has 0 unspecified atom stereocenters. The van der Waals surface area contributed by atoms with E-state index in [9.17, 15) is 4.79 Å². The van der Waals surface area contributed by atoms with Crippen molar-refractivity contribution in [1.82, 2.24) is 5.32 Å². The monoisotopic (exact) mass is 278 g/mol. The van der Waals surface area contributed by atoms with Gasteiger partial charge in [-0.2, -0.15) is 0 Å². The van der Waals surface area contributed by atoms with E-state index in [1.54, 1.807) is 6.07 Å². The topological polar surface area (TPSA) is 59.6 Å². The van der Waals surface area contributed by atoms with Gasteiger partial charge in [-0.05, 0) is 25.0 Å². The lowest BCUT2D eigenvalue weighted by molar-refractivity contribution is 0.247. The number of amides is 2. The molecule has 1 aromatic carbocycles. The smallest absolute Gasteiger partial charge is 0.319 e. The van der Waals surface area contributed by atoms with E-state index < -0.39 is 0 Å². The molecule has 0 saturated carbocycles. The summed E-state index contributed by atoms with van der Waals surface area (Å²) in [5.41, 5.74) is 0.706. The van der Waals surface area contributed by atoms with Crippen LogP contribution in [0.25, 0.3) is 0 Å². The summed E-state index contributed by atoms with van der Waals surface area (Å²) in [5, 5.41) is 5.76. The lowest BCUT2D eigenvalue weighted by atomic mass is 10.2. The molecular weight excluding hydrogens is 256 g/mol. The van der Waals surface area contributed by atoms with Crippen LogP contribution in [-0.2, 0) is 0 Å². The van der Waals surface area contributed by atoms with Crippen molar-refractivity contribution in [1.29, 1.82) is 0 Å². The Hall–Kier alpha value is -1.91. The Morgan fingerprint density at radius 1 is 1.20 bits per heavy atom. The first-order valence-electron chi connectivity index (χ1n) is 7.20. The Kier molecular flexibility index (Phi) is 5.09. The molecule has 5 heteroatoms. The molecule has 0 atom stereocenters. The molecule has 0 aromatic heterocycles. The molecule has 0 aliphatic carbocycles. The van der Waals surface area contributed by atoms with Crippen molar-refractivity contribution in [2.24, 2.45) is 0 Å². The first-order chi connectivity index (χ1) is 9.72. The third-order valence-electron chi connectivity index (χ3n) is 3.33. The second-order valence-corrected chi connectivity index (χ2v) is 4.82. The molecule has 0 radical (unpaired) electrons. The van der Waals surface area contributed by atoms with Gasteiger partial charge in [0, 0.05) is 24.2 Å². The number of hydrogen-bond donors (Lipinski definition) is 2. The molecule has 5 nitrogen and oxygen atoms in total. The van der Waals surface area contributed by atoms with Crippen molar-refractivity contribution >= 4 is 11.7 Å². The van der Waals surface area contributed by atoms with Crippen molar-refractivity contribution in [3.05, 3.63) is 18.2 Å². The van der Waals surface area contributed by atoms with Crippen LogP contribution in [0.3, 0.4) is 0 Å². The number of ether oxygens (including phenoxy) is 2. The van der Waals surface area contributed by atoms with Crippen LogP contribution < -0.4 is 20.1 Å². The molecule has 0 bridgehead atoms. The van der Waals surface area contributed by atoms with Gasteiger partial charge >= 0.3 is 6.03 Å². The fourth-order valence-electron chi connectivity index (χ4n) is 2.09. The minimum Gasteiger partial charge on any atom is -0.490 e. The van der Waals surface area contributed by atoms with Gasteiger partial charge < -0.3 is 20.1 Å². The summed E-state index contributed by atoms with van der Waals surface area (Å²) in [6.45, 7) is 5.41. The maximum absolute atomic E-state index is 11.9. The Labute approximate surface area is 119 Å². The number of anilines is 1. The highest BCUT2D eigenvalue weighted by atomic mass is 16.5. The molecule has 110 valence electrons. The zero-order chi connectivity index (χ0) is 14.4. The molecule has 2 N–H and O–H groups in total. The van der Waals surface area contributed by atoms with Gasteiger partial charge in [0.15, 0.2) is 11.5 Å². The highest BCUT2D eigenvalue weighted by Crippen LogP contribution is 2.32. The zero-order valence-corrected chi connectivity index (χ0v) is 12.1. The van der Waals surface area contributed by atoms with Crippen molar-refractivity contribution < 1.29 is 14.3 Å². The Bertz CT molecular complexity index is 458. The predicted octanol–water partition coefficient (Wildman–Crippen LogP) is 3.16. The quantitative estimate of drug-likeness (QED) is 0.889. The third-order valence-corrected chi connectivity index (χ3v) is 3.33. The Balaban J connectivity index is 1.99. The summed E-state index contributed by atoms with van der Waals surface area (Å²) in [5.74, 6) is 1.41. The number of carbonyl (C=O) groups excluding carboxylic acids is 1. The Morgan fingerprint density at radius 3 is 2.60 bits per heavy atom. The Morgan fingerprint density at radius 2 is 1.90 bits per heavy atom. The van der Waals surface area contributed by atoms with Crippen LogP contribution in [-0.4, -0.2) is 25.3 Å². The maximum Gasteiger partial charge on any atom is 0.319 e. The first kappa shape index (κ1) is 14.5. The van der Waals surface area contributed by atoms with Gasteiger partial charge in [0.1, 0.15) is 0 Å². The van der Waals surface area contributed by atoms with E-state index in [-0.39, 0.29) is 12.1 Å². The lowest BCUT2D eigenvalue weighted by Crippen LogP contribution is -2.37. The minimum absolute atomic E-state index is 0.187. The van der Waals surface area contributed by atoms with Gasteiger partial charge in [-0.1, -0.05) is 13.8 Å². The van der Waals surface area contributed by atoms with E-state index in [1.165, 1.54) is 0 Å². The number of hydrogen-bond acceptors (Lipinski definition) is 3. The molecular formula is C15H22N2O3. The maximum atomic E-state index is 11.9. The number of nitrogens with one attached hydrogen (secondary N) is 2. The number of benzene rings is 1. The van der Waals surface area contributed by atoms with Crippen molar-refractivity contribution in [2.45, 2.75) is 39.2 Å². The largest absolute Gasteiger partial charge is 0.490 e. The molecule has 0 spiro atoms. The van der Waals surface area contributed by atoms with Crippen molar-refractivity contribution in [3.63, 3.8) is 0 Å². The van der Waals surface area contributed by atoms with Crippen LogP contribution in [0.5, 0.6) is 11.5 Å². The van der Waals surface area contributed by atoms with Gasteiger partial charge in [0.25, 0.3) is 0 Å². The number of fused-ring (bicyclic) bond motifs is 1. The highest BCUT2D eigenvalue weighted by Gasteiger charge is 2.13. The average Bonchev–Trinajstić information content (AvgIpc) is 2.69. The molecule has 2 amide bonds. The predicted molar refractivity (Wildman–Crippen MR) is 78.6 cm³/mol. The summed E-state index contributed by atoms with van der Waals surface area (Å²) in [6.07, 6.45) is 2.71. The minimum atomic E-state index is -0.187. The molecule has 1 aliphatic rings. The van der Waals surface area contributed by atoms with Gasteiger partial charge in [-0.3, -0.25) is 0 Å². The number of urea groups is 1. The lowest BCUT2D eigenvalue weighted by Gasteiger charge is -2.16. The van der Waals surface area contributed by atoms with E-state index in [0.29, 0.717) is 24.7 Å². The molecule has 1 heterocycles. The van der Waals surface area contributed by atoms with E-state index in [0.717, 1.165) is 25.0 Å². The van der Waals surface area contributed by atoms with E-state index in [1.807, 2.05) is 12.1 Å². The fraction of sp³-hybridized carbons (Fsp3) is 0.533. The van der Waals surface area contributed by atoms with Crippen LogP contribution in [0.15, 0.2) is 18.2 Å². The molecule has 0 saturated heterocycles. The first-order valence-corrected chi connectivity index (χ1v) is 7.20. The molecule has 2 rings (SSSR count). The highest BCUT2D eigenvalue weighted by molar-refractivity contribution is 5.89. The van der Waals surface area contributed by atoms with Crippen LogP contribution in [0.1, 0.15) is 33.1 Å². The second-order valence-electron chi connectivity index (χ2n) is 4.82. The molecule has 0 fully saturated rings. The average molecular weight is 278 g/mol. The summed E-state index contributed by atoms with van der Waals surface area (Å²) < 4.78 is 11.2. The standard InChI is InChI=1S/C15H22N2O3/c1-3-11(4-2)16-15(18)17-12-6-7-13-14(10-12)20-9-5-8-19-13/h6-7,10-11H,3-5,8-9H2,1-2H3,(H2,16,17,18). The summed E-state index contributed by atoms with van der Waals surface area (Å²) in [6, 6.07) is 5.46. The summed E-state index contributed by atoms with van der Waals surface area (Å²) >= 11 is 0. The fourth-order valence-corrected chi connectivity index (χ4v) is 2.09. The van der Waals surface area contributed by atoms with Crippen LogP contribution >= 0.6 is 0 Å². The van der Waals surface area contributed by atoms with Gasteiger partial charge in [-0.25, -0.2) is 4.79 Å². The van der Waals surface area contributed by atoms with Crippen molar-refractivity contribution in [2.75, 3.05) is 18.5 Å². The normalized spacial score (nSPS) is 13.8. The van der Waals surface area contributed by atoms with Gasteiger partial charge in [-0.15, -0.1) is 0 Å². The van der Waals surface area contributed by atoms with Crippen LogP contribution in [0.2, 0.25) is 0 Å². The van der Waals surface area contributed by atoms with E-state index >= 15 is 0 Å². The second kappa shape index (κ2) is 7.03. The SMILES string of the molecule is CCC(CC)NC(=O)Nc1ccc2c(c1)OCCCO2. The number of carbonyl (C=O) groups is 1. The van der Waals surface area contributed by atoms with Crippen LogP contribution in [0, 0.1) is 0 Å². The van der Waals surface area contributed by atoms with Gasteiger partial charge in [0.2, 0.25) is 0 Å². The van der Waals surface area contributed by atoms with Crippen molar-refractivity contribution in [3.8, 4) is 11.5 Å². The summed E-state index contributed by atoms with van der Waals surface area (Å²) in [4.78, 5) is 11.9. The number of rotatable bonds is 4.